The highest BCUT2D eigenvalue weighted by Crippen LogP contribution is 2.40. The number of nitrogens with zero attached hydrogens (tertiary/aromatic N) is 4. The first kappa shape index (κ1) is 16.8. The van der Waals surface area contributed by atoms with Gasteiger partial charge in [-0.2, -0.15) is 9.47 Å². The predicted octanol–water partition coefficient (Wildman–Crippen LogP) is 2.52. The van der Waals surface area contributed by atoms with E-state index in [0.717, 1.165) is 47.2 Å². The molecule has 2 aromatic rings. The number of nitrogens with one attached hydrogen (secondary N) is 1. The van der Waals surface area contributed by atoms with Crippen LogP contribution in [0.2, 0.25) is 0 Å². The Balaban J connectivity index is 2.00. The highest BCUT2D eigenvalue weighted by Gasteiger charge is 2.37. The van der Waals surface area contributed by atoms with Gasteiger partial charge in [0.05, 0.1) is 35.7 Å². The standard InChI is InChI=1S/C16H23N5O2S/c1-9-12(16(23-5)20(4)18-9)11-7-6-8-21(11)15(22)13-10(2)19-24-14(13)17-3/h11,17H,6-8H2,1-5H3. The maximum atomic E-state index is 13.2. The molecule has 0 aliphatic carbocycles. The number of aryl methyl sites for hydroxylation is 3. The van der Waals surface area contributed by atoms with E-state index in [1.54, 1.807) is 11.8 Å². The zero-order valence-electron chi connectivity index (χ0n) is 14.7. The molecule has 3 rings (SSSR count). The van der Waals surface area contributed by atoms with Gasteiger partial charge < -0.3 is 15.0 Å². The van der Waals surface area contributed by atoms with E-state index in [4.69, 9.17) is 4.74 Å². The monoisotopic (exact) mass is 349 g/mol. The second-order valence-electron chi connectivity index (χ2n) is 6.01. The molecule has 7 nitrogen and oxygen atoms in total. The minimum Gasteiger partial charge on any atom is -0.481 e. The molecule has 1 N–H and O–H groups in total. The molecule has 1 aliphatic rings. The van der Waals surface area contributed by atoms with Gasteiger partial charge in [-0.1, -0.05) is 0 Å². The topological polar surface area (TPSA) is 72.3 Å². The second-order valence-corrected chi connectivity index (χ2v) is 6.78. The van der Waals surface area contributed by atoms with Crippen molar-refractivity contribution in [2.24, 2.45) is 7.05 Å². The molecule has 1 aliphatic heterocycles. The van der Waals surface area contributed by atoms with Crippen molar-refractivity contribution in [1.82, 2.24) is 19.1 Å². The van der Waals surface area contributed by atoms with E-state index in [0.29, 0.717) is 5.56 Å². The molecule has 8 heteroatoms. The third-order valence-electron chi connectivity index (χ3n) is 4.56. The predicted molar refractivity (Wildman–Crippen MR) is 93.9 cm³/mol. The molecule has 3 heterocycles. The number of ether oxygens (including phenoxy) is 1. The number of carbonyl (C=O) groups is 1. The molecule has 24 heavy (non-hydrogen) atoms. The van der Waals surface area contributed by atoms with Crippen LogP contribution in [-0.2, 0) is 7.05 Å². The van der Waals surface area contributed by atoms with Gasteiger partial charge in [0.2, 0.25) is 5.88 Å². The normalized spacial score (nSPS) is 17.4. The lowest BCUT2D eigenvalue weighted by Gasteiger charge is -2.25. The number of amides is 1. The lowest BCUT2D eigenvalue weighted by atomic mass is 10.0. The number of methoxy groups -OCH3 is 1. The van der Waals surface area contributed by atoms with Gasteiger partial charge >= 0.3 is 0 Å². The molecule has 1 saturated heterocycles. The molecule has 0 spiro atoms. The van der Waals surface area contributed by atoms with E-state index in [9.17, 15) is 4.79 Å². The summed E-state index contributed by atoms with van der Waals surface area (Å²) >= 11 is 1.33. The molecular weight excluding hydrogens is 326 g/mol. The fraction of sp³-hybridized carbons (Fsp3) is 0.562. The highest BCUT2D eigenvalue weighted by molar-refractivity contribution is 7.10. The summed E-state index contributed by atoms with van der Waals surface area (Å²) in [6.07, 6.45) is 1.89. The van der Waals surface area contributed by atoms with E-state index in [2.05, 4.69) is 14.8 Å². The number of hydrogen-bond donors (Lipinski definition) is 1. The fourth-order valence-electron chi connectivity index (χ4n) is 3.52. The van der Waals surface area contributed by atoms with E-state index in [1.165, 1.54) is 11.5 Å². The maximum Gasteiger partial charge on any atom is 0.259 e. The SMILES string of the molecule is CNc1snc(C)c1C(=O)N1CCCC1c1c(C)nn(C)c1OC. The van der Waals surface area contributed by atoms with E-state index in [-0.39, 0.29) is 11.9 Å². The maximum absolute atomic E-state index is 13.2. The van der Waals surface area contributed by atoms with Crippen LogP contribution >= 0.6 is 11.5 Å². The van der Waals surface area contributed by atoms with Gasteiger partial charge in [-0.25, -0.2) is 4.68 Å². The molecular formula is C16H23N5O2S. The van der Waals surface area contributed by atoms with Gasteiger partial charge in [0.1, 0.15) is 5.00 Å². The molecule has 1 atom stereocenters. The first-order valence-corrected chi connectivity index (χ1v) is 8.79. The van der Waals surface area contributed by atoms with E-state index < -0.39 is 0 Å². The summed E-state index contributed by atoms with van der Waals surface area (Å²) in [6, 6.07) is -0.00911. The first-order valence-electron chi connectivity index (χ1n) is 8.02. The van der Waals surface area contributed by atoms with Gasteiger partial charge in [0.15, 0.2) is 0 Å². The van der Waals surface area contributed by atoms with Crippen LogP contribution in [0, 0.1) is 13.8 Å². The molecule has 1 fully saturated rings. The van der Waals surface area contributed by atoms with Crippen molar-refractivity contribution in [1.29, 1.82) is 0 Å². The summed E-state index contributed by atoms with van der Waals surface area (Å²) in [5.74, 6) is 0.754. The van der Waals surface area contributed by atoms with Crippen LogP contribution in [0.1, 0.15) is 46.2 Å². The van der Waals surface area contributed by atoms with Crippen LogP contribution in [0.4, 0.5) is 5.00 Å². The average Bonchev–Trinajstić information content (AvgIpc) is 3.23. The largest absolute Gasteiger partial charge is 0.481 e. The Kier molecular flexibility index (Phi) is 4.49. The minimum absolute atomic E-state index is 0.00911. The zero-order chi connectivity index (χ0) is 17.4. The van der Waals surface area contributed by atoms with Crippen molar-refractivity contribution in [3.05, 3.63) is 22.5 Å². The molecule has 0 aromatic carbocycles. The van der Waals surface area contributed by atoms with Crippen LogP contribution in [0.3, 0.4) is 0 Å². The third kappa shape index (κ3) is 2.54. The average molecular weight is 349 g/mol. The Morgan fingerprint density at radius 1 is 1.38 bits per heavy atom. The summed E-state index contributed by atoms with van der Waals surface area (Å²) in [5.41, 5.74) is 3.37. The smallest absolute Gasteiger partial charge is 0.259 e. The van der Waals surface area contributed by atoms with Crippen molar-refractivity contribution in [2.45, 2.75) is 32.7 Å². The molecule has 130 valence electrons. The number of hydrogen-bond acceptors (Lipinski definition) is 6. The first-order chi connectivity index (χ1) is 11.5. The lowest BCUT2D eigenvalue weighted by Crippen LogP contribution is -2.31. The highest BCUT2D eigenvalue weighted by atomic mass is 32.1. The Morgan fingerprint density at radius 3 is 2.79 bits per heavy atom. The number of rotatable bonds is 4. The lowest BCUT2D eigenvalue weighted by molar-refractivity contribution is 0.0734. The number of aromatic nitrogens is 3. The fourth-order valence-corrected chi connectivity index (χ4v) is 4.26. The summed E-state index contributed by atoms with van der Waals surface area (Å²) < 4.78 is 11.6. The van der Waals surface area contributed by atoms with Crippen molar-refractivity contribution >= 4 is 22.4 Å². The molecule has 0 radical (unpaired) electrons. The summed E-state index contributed by atoms with van der Waals surface area (Å²) in [5, 5.41) is 8.36. The Hall–Kier alpha value is -2.09. The van der Waals surface area contributed by atoms with Crippen LogP contribution in [-0.4, -0.2) is 45.7 Å². The van der Waals surface area contributed by atoms with Crippen molar-refractivity contribution in [2.75, 3.05) is 26.0 Å². The van der Waals surface area contributed by atoms with E-state index in [1.807, 2.05) is 32.8 Å². The molecule has 1 amide bonds. The molecule has 2 aromatic heterocycles. The Bertz CT molecular complexity index is 767. The molecule has 0 bridgehead atoms. The summed E-state index contributed by atoms with van der Waals surface area (Å²) in [4.78, 5) is 15.1. The molecule has 0 saturated carbocycles. The van der Waals surface area contributed by atoms with Gasteiger partial charge in [0.25, 0.3) is 5.91 Å². The van der Waals surface area contributed by atoms with Gasteiger partial charge in [0, 0.05) is 20.6 Å². The number of likely N-dealkylation sites (tertiary alicyclic amines) is 1. The number of anilines is 1. The van der Waals surface area contributed by atoms with E-state index >= 15 is 0 Å². The van der Waals surface area contributed by atoms with Crippen LogP contribution in [0.5, 0.6) is 5.88 Å². The third-order valence-corrected chi connectivity index (χ3v) is 5.51. The van der Waals surface area contributed by atoms with Crippen molar-refractivity contribution < 1.29 is 9.53 Å². The van der Waals surface area contributed by atoms with Crippen LogP contribution < -0.4 is 10.1 Å². The van der Waals surface area contributed by atoms with Gasteiger partial charge in [-0.05, 0) is 38.2 Å². The quantitative estimate of drug-likeness (QED) is 0.918. The number of carbonyl (C=O) groups excluding carboxylic acids is 1. The van der Waals surface area contributed by atoms with Gasteiger partial charge in [-0.15, -0.1) is 0 Å². The summed E-state index contributed by atoms with van der Waals surface area (Å²) in [6.45, 7) is 4.58. The van der Waals surface area contributed by atoms with Gasteiger partial charge in [-0.3, -0.25) is 4.79 Å². The van der Waals surface area contributed by atoms with Crippen LogP contribution in [0.25, 0.3) is 0 Å². The minimum atomic E-state index is -0.00911. The zero-order valence-corrected chi connectivity index (χ0v) is 15.5. The summed E-state index contributed by atoms with van der Waals surface area (Å²) in [7, 11) is 5.33. The van der Waals surface area contributed by atoms with Crippen molar-refractivity contribution in [3.8, 4) is 5.88 Å². The van der Waals surface area contributed by atoms with Crippen LogP contribution in [0.15, 0.2) is 0 Å². The second kappa shape index (κ2) is 6.43. The Labute approximate surface area is 145 Å². The molecule has 1 unspecified atom stereocenters. The Morgan fingerprint density at radius 2 is 2.12 bits per heavy atom. The van der Waals surface area contributed by atoms with Crippen molar-refractivity contribution in [3.63, 3.8) is 0 Å².